The molecule has 5 heteroatoms. The second kappa shape index (κ2) is 6.32. The maximum Gasteiger partial charge on any atom is 0.276 e. The molecule has 0 heterocycles. The number of hydrogen-bond acceptors (Lipinski definition) is 3. The van der Waals surface area contributed by atoms with Crippen LogP contribution in [0.2, 0.25) is 0 Å². The van der Waals surface area contributed by atoms with E-state index in [9.17, 15) is 8.42 Å². The van der Waals surface area contributed by atoms with E-state index in [1.165, 1.54) is 6.21 Å². The Morgan fingerprint density at radius 1 is 0.909 bits per heavy atom. The lowest BCUT2D eigenvalue weighted by atomic mass is 10.1. The van der Waals surface area contributed by atoms with Crippen LogP contribution >= 0.6 is 0 Å². The van der Waals surface area contributed by atoms with Crippen molar-refractivity contribution in [3.63, 3.8) is 0 Å². The van der Waals surface area contributed by atoms with Crippen molar-refractivity contribution in [3.05, 3.63) is 64.2 Å². The van der Waals surface area contributed by atoms with Gasteiger partial charge in [0.05, 0.1) is 11.1 Å². The molecular weight excluding hydrogens is 296 g/mol. The predicted octanol–water partition coefficient (Wildman–Crippen LogP) is 3.23. The maximum atomic E-state index is 12.3. The monoisotopic (exact) mass is 316 g/mol. The van der Waals surface area contributed by atoms with E-state index in [2.05, 4.69) is 9.93 Å². The molecule has 1 N–H and O–H groups in total. The van der Waals surface area contributed by atoms with Gasteiger partial charge in [-0.2, -0.15) is 13.5 Å². The van der Waals surface area contributed by atoms with Crippen molar-refractivity contribution in [1.29, 1.82) is 0 Å². The van der Waals surface area contributed by atoms with Crippen molar-refractivity contribution in [3.8, 4) is 0 Å². The molecule has 4 nitrogen and oxygen atoms in total. The fraction of sp³-hybridized carbons (Fsp3) is 0.235. The van der Waals surface area contributed by atoms with E-state index < -0.39 is 10.0 Å². The molecule has 0 aliphatic heterocycles. The third-order valence-corrected chi connectivity index (χ3v) is 4.81. The minimum Gasteiger partial charge on any atom is -0.200 e. The van der Waals surface area contributed by atoms with Gasteiger partial charge < -0.3 is 0 Å². The molecule has 0 atom stereocenters. The van der Waals surface area contributed by atoms with Crippen LogP contribution in [0.15, 0.2) is 46.4 Å². The Bertz CT molecular complexity index is 825. The van der Waals surface area contributed by atoms with Crippen molar-refractivity contribution in [1.82, 2.24) is 4.83 Å². The summed E-state index contributed by atoms with van der Waals surface area (Å²) in [6, 6.07) is 11.3. The van der Waals surface area contributed by atoms with Gasteiger partial charge in [0.1, 0.15) is 0 Å². The van der Waals surface area contributed by atoms with Gasteiger partial charge in [-0.1, -0.05) is 35.9 Å². The molecule has 2 aromatic carbocycles. The summed E-state index contributed by atoms with van der Waals surface area (Å²) in [6.07, 6.45) is 1.53. The summed E-state index contributed by atoms with van der Waals surface area (Å²) in [4.78, 5) is 2.54. The van der Waals surface area contributed by atoms with Crippen LogP contribution in [-0.4, -0.2) is 14.6 Å². The van der Waals surface area contributed by atoms with Gasteiger partial charge in [0.2, 0.25) is 0 Å². The first kappa shape index (κ1) is 16.2. The Labute approximate surface area is 131 Å². The van der Waals surface area contributed by atoms with Crippen LogP contribution < -0.4 is 4.83 Å². The average Bonchev–Trinajstić information content (AvgIpc) is 2.45. The number of hydrazone groups is 1. The standard InChI is InChI=1S/C17H20N2O2S/c1-12-5-7-14(3)16(9-12)11-18-19-22(20,21)17-10-13(2)6-8-15(17)4/h5-11,19H,1-4H3/b18-11+. The number of benzene rings is 2. The Balaban J connectivity index is 2.24. The number of nitrogens with one attached hydrogen (secondary N) is 1. The number of nitrogens with zero attached hydrogens (tertiary/aromatic N) is 1. The van der Waals surface area contributed by atoms with Gasteiger partial charge >= 0.3 is 0 Å². The number of sulfonamides is 1. The van der Waals surface area contributed by atoms with E-state index in [4.69, 9.17) is 0 Å². The van der Waals surface area contributed by atoms with Gasteiger partial charge in [-0.05, 0) is 56.0 Å². The van der Waals surface area contributed by atoms with E-state index in [0.717, 1.165) is 22.3 Å². The van der Waals surface area contributed by atoms with E-state index in [1.54, 1.807) is 19.1 Å². The van der Waals surface area contributed by atoms with Crippen LogP contribution in [0, 0.1) is 27.7 Å². The van der Waals surface area contributed by atoms with Gasteiger partial charge in [-0.3, -0.25) is 0 Å². The lowest BCUT2D eigenvalue weighted by Crippen LogP contribution is -2.19. The highest BCUT2D eigenvalue weighted by Gasteiger charge is 2.15. The molecule has 116 valence electrons. The van der Waals surface area contributed by atoms with Crippen LogP contribution in [0.3, 0.4) is 0 Å². The van der Waals surface area contributed by atoms with Gasteiger partial charge in [-0.15, -0.1) is 0 Å². The summed E-state index contributed by atoms with van der Waals surface area (Å²) < 4.78 is 24.6. The minimum atomic E-state index is -3.65. The second-order valence-electron chi connectivity index (χ2n) is 5.48. The molecule has 0 aliphatic carbocycles. The first-order valence-electron chi connectivity index (χ1n) is 6.99. The molecule has 0 radical (unpaired) electrons. The number of hydrogen-bond donors (Lipinski definition) is 1. The third kappa shape index (κ3) is 3.74. The molecule has 0 amide bonds. The SMILES string of the molecule is Cc1ccc(C)c(/C=N/NS(=O)(=O)c2cc(C)ccc2C)c1. The highest BCUT2D eigenvalue weighted by molar-refractivity contribution is 7.89. The largest absolute Gasteiger partial charge is 0.276 e. The second-order valence-corrected chi connectivity index (χ2v) is 7.11. The fourth-order valence-corrected chi connectivity index (χ4v) is 3.23. The van der Waals surface area contributed by atoms with E-state index >= 15 is 0 Å². The summed E-state index contributed by atoms with van der Waals surface area (Å²) in [5.74, 6) is 0. The van der Waals surface area contributed by atoms with E-state index in [0.29, 0.717) is 5.56 Å². The molecule has 0 aliphatic rings. The van der Waals surface area contributed by atoms with Gasteiger partial charge in [0.25, 0.3) is 10.0 Å². The maximum absolute atomic E-state index is 12.3. The van der Waals surface area contributed by atoms with Crippen molar-refractivity contribution in [2.45, 2.75) is 32.6 Å². The van der Waals surface area contributed by atoms with Gasteiger partial charge in [-0.25, -0.2) is 4.83 Å². The Morgan fingerprint density at radius 2 is 1.50 bits per heavy atom. The van der Waals surface area contributed by atoms with Crippen LogP contribution in [0.1, 0.15) is 27.8 Å². The molecule has 0 bridgehead atoms. The highest BCUT2D eigenvalue weighted by Crippen LogP contribution is 2.16. The molecule has 0 unspecified atom stereocenters. The average molecular weight is 316 g/mol. The van der Waals surface area contributed by atoms with Crippen molar-refractivity contribution >= 4 is 16.2 Å². The normalized spacial score (nSPS) is 11.8. The molecule has 0 fully saturated rings. The third-order valence-electron chi connectivity index (χ3n) is 3.44. The fourth-order valence-electron chi connectivity index (χ4n) is 2.11. The molecule has 0 aromatic heterocycles. The topological polar surface area (TPSA) is 58.5 Å². The zero-order valence-electron chi connectivity index (χ0n) is 13.2. The minimum absolute atomic E-state index is 0.255. The van der Waals surface area contributed by atoms with E-state index in [1.807, 2.05) is 45.0 Å². The number of aryl methyl sites for hydroxylation is 4. The van der Waals surface area contributed by atoms with Crippen molar-refractivity contribution in [2.24, 2.45) is 5.10 Å². The zero-order chi connectivity index (χ0) is 16.3. The quantitative estimate of drug-likeness (QED) is 0.695. The van der Waals surface area contributed by atoms with Crippen molar-refractivity contribution < 1.29 is 8.42 Å². The van der Waals surface area contributed by atoms with Crippen LogP contribution in [0.4, 0.5) is 0 Å². The smallest absolute Gasteiger partial charge is 0.200 e. The lowest BCUT2D eigenvalue weighted by molar-refractivity contribution is 0.584. The summed E-state index contributed by atoms with van der Waals surface area (Å²) >= 11 is 0. The molecule has 0 saturated carbocycles. The number of rotatable bonds is 4. The molecule has 2 rings (SSSR count). The first-order valence-corrected chi connectivity index (χ1v) is 8.47. The Morgan fingerprint density at radius 3 is 2.18 bits per heavy atom. The highest BCUT2D eigenvalue weighted by atomic mass is 32.2. The zero-order valence-corrected chi connectivity index (χ0v) is 14.0. The summed E-state index contributed by atoms with van der Waals surface area (Å²) in [5, 5.41) is 3.90. The summed E-state index contributed by atoms with van der Waals surface area (Å²) in [5.41, 5.74) is 4.62. The molecular formula is C17H20N2O2S. The summed E-state index contributed by atoms with van der Waals surface area (Å²) in [6.45, 7) is 7.57. The van der Waals surface area contributed by atoms with Crippen LogP contribution in [0.25, 0.3) is 0 Å². The Hall–Kier alpha value is -2.14. The molecule has 22 heavy (non-hydrogen) atoms. The summed E-state index contributed by atoms with van der Waals surface area (Å²) in [7, 11) is -3.65. The van der Waals surface area contributed by atoms with Gasteiger partial charge in [0.15, 0.2) is 0 Å². The van der Waals surface area contributed by atoms with Crippen molar-refractivity contribution in [2.75, 3.05) is 0 Å². The van der Waals surface area contributed by atoms with E-state index in [-0.39, 0.29) is 4.90 Å². The first-order chi connectivity index (χ1) is 10.3. The molecule has 0 spiro atoms. The Kier molecular flexibility index (Phi) is 4.66. The predicted molar refractivity (Wildman–Crippen MR) is 89.7 cm³/mol. The molecule has 2 aromatic rings. The lowest BCUT2D eigenvalue weighted by Gasteiger charge is -2.08. The molecule has 0 saturated heterocycles. The van der Waals surface area contributed by atoms with Crippen LogP contribution in [0.5, 0.6) is 0 Å². The van der Waals surface area contributed by atoms with Crippen LogP contribution in [-0.2, 0) is 10.0 Å². The van der Waals surface area contributed by atoms with Gasteiger partial charge in [0, 0.05) is 0 Å².